The highest BCUT2D eigenvalue weighted by molar-refractivity contribution is 7.54. The summed E-state index contributed by atoms with van der Waals surface area (Å²) in [5.74, 6) is -0.237. The third-order valence-corrected chi connectivity index (χ3v) is 2.02. The summed E-state index contributed by atoms with van der Waals surface area (Å²) in [7, 11) is 14.8. The SMILES string of the molecule is CCOC(=O)C1=CC2=CC=CC2=C1.[Cl][Al]([Cl])[Cl]. The molecule has 0 bridgehead atoms. The van der Waals surface area contributed by atoms with Gasteiger partial charge in [-0.15, -0.1) is 0 Å². The van der Waals surface area contributed by atoms with Crippen LogP contribution in [0.15, 0.2) is 47.1 Å². The fourth-order valence-electron chi connectivity index (χ4n) is 1.42. The van der Waals surface area contributed by atoms with Crippen molar-refractivity contribution < 1.29 is 9.53 Å². The summed E-state index contributed by atoms with van der Waals surface area (Å²) < 4.78 is 4.89. The lowest BCUT2D eigenvalue weighted by molar-refractivity contribution is -0.138. The van der Waals surface area contributed by atoms with Crippen LogP contribution < -0.4 is 0 Å². The molecule has 2 nitrogen and oxygen atoms in total. The van der Waals surface area contributed by atoms with Crippen molar-refractivity contribution in [2.45, 2.75) is 6.92 Å². The van der Waals surface area contributed by atoms with E-state index in [9.17, 15) is 4.79 Å². The van der Waals surface area contributed by atoms with Crippen LogP contribution >= 0.6 is 30.1 Å². The molecule has 0 saturated carbocycles. The molecular formula is C11H10AlCl3O2. The number of carbonyl (C=O) groups excluding carboxylic acids is 1. The van der Waals surface area contributed by atoms with Crippen LogP contribution in [0.2, 0.25) is 0 Å². The molecule has 6 heteroatoms. The van der Waals surface area contributed by atoms with Crippen molar-refractivity contribution in [3.63, 3.8) is 0 Å². The monoisotopic (exact) mass is 306 g/mol. The summed E-state index contributed by atoms with van der Waals surface area (Å²) in [6.07, 6.45) is 9.65. The van der Waals surface area contributed by atoms with Crippen molar-refractivity contribution in [1.29, 1.82) is 0 Å². The second kappa shape index (κ2) is 7.31. The number of allylic oxidation sites excluding steroid dienone is 6. The van der Waals surface area contributed by atoms with Gasteiger partial charge in [0.25, 0.3) is 0 Å². The van der Waals surface area contributed by atoms with Crippen molar-refractivity contribution in [1.82, 2.24) is 0 Å². The highest BCUT2D eigenvalue weighted by Gasteiger charge is 2.18. The molecule has 2 rings (SSSR count). The van der Waals surface area contributed by atoms with Crippen molar-refractivity contribution in [3.8, 4) is 0 Å². The molecule has 2 aliphatic rings. The minimum atomic E-state index is -1.72. The van der Waals surface area contributed by atoms with E-state index in [1.54, 1.807) is 6.92 Å². The Bertz CT molecular complexity index is 420. The van der Waals surface area contributed by atoms with E-state index < -0.39 is 11.4 Å². The lowest BCUT2D eigenvalue weighted by Gasteiger charge is -1.98. The minimum Gasteiger partial charge on any atom is -0.462 e. The second-order valence-electron chi connectivity index (χ2n) is 3.15. The van der Waals surface area contributed by atoms with Gasteiger partial charge in [-0.05, 0) is 30.2 Å². The van der Waals surface area contributed by atoms with E-state index >= 15 is 0 Å². The molecule has 2 aliphatic carbocycles. The van der Waals surface area contributed by atoms with Crippen molar-refractivity contribution in [2.75, 3.05) is 6.61 Å². The van der Waals surface area contributed by atoms with Crippen LogP contribution in [0.25, 0.3) is 0 Å². The molecule has 0 radical (unpaired) electrons. The van der Waals surface area contributed by atoms with Gasteiger partial charge in [-0.2, -0.15) is 0 Å². The van der Waals surface area contributed by atoms with Crippen LogP contribution in [0.1, 0.15) is 6.92 Å². The molecule has 0 unspecified atom stereocenters. The second-order valence-corrected chi connectivity index (χ2v) is 9.58. The van der Waals surface area contributed by atoms with E-state index in [4.69, 9.17) is 34.9 Å². The van der Waals surface area contributed by atoms with Gasteiger partial charge in [0, 0.05) is 0 Å². The zero-order valence-corrected chi connectivity index (χ0v) is 12.5. The maximum absolute atomic E-state index is 11.3. The first-order valence-electron chi connectivity index (χ1n) is 4.96. The average Bonchev–Trinajstić information content (AvgIpc) is 2.75. The number of ether oxygens (including phenoxy) is 1. The molecule has 0 aromatic heterocycles. The van der Waals surface area contributed by atoms with Crippen LogP contribution in [-0.2, 0) is 9.53 Å². The molecule has 0 aromatic rings. The minimum absolute atomic E-state index is 0.237. The van der Waals surface area contributed by atoms with E-state index in [2.05, 4.69) is 0 Å². The number of hydrogen-bond donors (Lipinski definition) is 0. The van der Waals surface area contributed by atoms with Gasteiger partial charge in [0.15, 0.2) is 0 Å². The summed E-state index contributed by atoms with van der Waals surface area (Å²) in [5, 5.41) is 0. The molecule has 0 aliphatic heterocycles. The standard InChI is InChI=1S/C11H10O2.Al.3ClH/c1-2-13-11(12)10-6-8-4-3-5-9(8)7-10;;;;/h3-7H,2H2,1H3;;3*1H/q;+3;;;/p-3. The Kier molecular flexibility index (Phi) is 6.40. The maximum atomic E-state index is 11.3. The molecule has 0 amide bonds. The summed E-state index contributed by atoms with van der Waals surface area (Å²) in [6.45, 7) is 2.23. The largest absolute Gasteiger partial charge is 0.643 e. The topological polar surface area (TPSA) is 26.3 Å². The summed E-state index contributed by atoms with van der Waals surface area (Å²) in [6, 6.07) is 0. The summed E-state index contributed by atoms with van der Waals surface area (Å²) in [5.41, 5.74) is 2.85. The fraction of sp³-hybridized carbons (Fsp3) is 0.182. The summed E-state index contributed by atoms with van der Waals surface area (Å²) in [4.78, 5) is 11.3. The Morgan fingerprint density at radius 3 is 2.47 bits per heavy atom. The number of esters is 1. The Morgan fingerprint density at radius 1 is 1.29 bits per heavy atom. The lowest BCUT2D eigenvalue weighted by atomic mass is 10.2. The predicted octanol–water partition coefficient (Wildman–Crippen LogP) is 3.60. The number of halogens is 3. The van der Waals surface area contributed by atoms with Crippen LogP contribution in [0.5, 0.6) is 0 Å². The van der Waals surface area contributed by atoms with Crippen molar-refractivity contribution in [2.24, 2.45) is 0 Å². The predicted molar refractivity (Wildman–Crippen MR) is 73.3 cm³/mol. The van der Waals surface area contributed by atoms with Gasteiger partial charge >= 0.3 is 17.4 Å². The fourth-order valence-corrected chi connectivity index (χ4v) is 1.42. The van der Waals surface area contributed by atoms with Crippen LogP contribution in [0.4, 0.5) is 0 Å². The van der Waals surface area contributed by atoms with Gasteiger partial charge in [0.1, 0.15) is 0 Å². The van der Waals surface area contributed by atoms with Gasteiger partial charge in [-0.1, -0.05) is 18.2 Å². The van der Waals surface area contributed by atoms with Gasteiger partial charge in [0.2, 0.25) is 0 Å². The number of hydrogen-bond acceptors (Lipinski definition) is 2. The molecule has 0 N–H and O–H groups in total. The first-order chi connectivity index (χ1) is 8.04. The van der Waals surface area contributed by atoms with Crippen LogP contribution in [-0.4, -0.2) is 24.0 Å². The molecule has 17 heavy (non-hydrogen) atoms. The third-order valence-electron chi connectivity index (χ3n) is 2.02. The van der Waals surface area contributed by atoms with Gasteiger partial charge in [-0.3, -0.25) is 0 Å². The molecule has 0 aromatic carbocycles. The van der Waals surface area contributed by atoms with E-state index in [1.807, 2.05) is 30.4 Å². The van der Waals surface area contributed by atoms with E-state index in [1.165, 1.54) is 0 Å². The Labute approximate surface area is 117 Å². The van der Waals surface area contributed by atoms with Gasteiger partial charge in [-0.25, -0.2) is 34.9 Å². The Hall–Kier alpha value is -0.168. The Balaban J connectivity index is 0.000000317. The van der Waals surface area contributed by atoms with Crippen LogP contribution in [0.3, 0.4) is 0 Å². The normalized spacial score (nSPS) is 15.2. The van der Waals surface area contributed by atoms with E-state index in [0.717, 1.165) is 11.1 Å². The van der Waals surface area contributed by atoms with Crippen molar-refractivity contribution >= 4 is 47.5 Å². The molecule has 0 saturated heterocycles. The molecule has 0 heterocycles. The molecular weight excluding hydrogens is 297 g/mol. The number of fused-ring (bicyclic) bond motifs is 1. The van der Waals surface area contributed by atoms with Gasteiger partial charge in [0.05, 0.1) is 12.2 Å². The average molecular weight is 308 g/mol. The number of carbonyl (C=O) groups is 1. The zero-order valence-electron chi connectivity index (χ0n) is 9.12. The third kappa shape index (κ3) is 4.91. The maximum Gasteiger partial charge on any atom is 0.643 e. The van der Waals surface area contributed by atoms with E-state index in [0.29, 0.717) is 12.2 Å². The highest BCUT2D eigenvalue weighted by atomic mass is 35.8. The Morgan fingerprint density at radius 2 is 1.94 bits per heavy atom. The molecule has 0 spiro atoms. The highest BCUT2D eigenvalue weighted by Crippen LogP contribution is 2.28. The lowest BCUT2D eigenvalue weighted by Crippen LogP contribution is -2.04. The van der Waals surface area contributed by atoms with Crippen molar-refractivity contribution in [3.05, 3.63) is 47.1 Å². The summed E-state index contributed by atoms with van der Waals surface area (Å²) >= 11 is -1.72. The first kappa shape index (κ1) is 14.9. The zero-order chi connectivity index (χ0) is 12.8. The first-order valence-corrected chi connectivity index (χ1v) is 10.2. The van der Waals surface area contributed by atoms with Gasteiger partial charge < -0.3 is 4.74 Å². The number of rotatable bonds is 2. The molecule has 0 fully saturated rings. The smallest absolute Gasteiger partial charge is 0.462 e. The molecule has 0 atom stereocenters. The van der Waals surface area contributed by atoms with E-state index in [-0.39, 0.29) is 5.97 Å². The van der Waals surface area contributed by atoms with Crippen LogP contribution in [0, 0.1) is 0 Å². The quantitative estimate of drug-likeness (QED) is 0.575. The molecule has 90 valence electrons.